The van der Waals surface area contributed by atoms with Gasteiger partial charge in [-0.2, -0.15) is 0 Å². The van der Waals surface area contributed by atoms with Gasteiger partial charge in [-0.25, -0.2) is 8.78 Å². The van der Waals surface area contributed by atoms with Gasteiger partial charge in [-0.1, -0.05) is 13.0 Å². The summed E-state index contributed by atoms with van der Waals surface area (Å²) in [4.78, 5) is 13.8. The summed E-state index contributed by atoms with van der Waals surface area (Å²) < 4.78 is 26.8. The van der Waals surface area contributed by atoms with Gasteiger partial charge in [0.2, 0.25) is 0 Å². The third kappa shape index (κ3) is 2.76. The largest absolute Gasteiger partial charge is 0.338 e. The Morgan fingerprint density at radius 3 is 2.89 bits per heavy atom. The van der Waals surface area contributed by atoms with E-state index in [2.05, 4.69) is 6.92 Å². The van der Waals surface area contributed by atoms with E-state index < -0.39 is 17.5 Å². The predicted molar refractivity (Wildman–Crippen MR) is 68.6 cm³/mol. The van der Waals surface area contributed by atoms with Crippen LogP contribution in [0, 0.1) is 23.5 Å². The summed E-state index contributed by atoms with van der Waals surface area (Å²) in [7, 11) is 0. The molecular weight excluding hydrogens is 250 g/mol. The molecule has 2 rings (SSSR count). The fourth-order valence-corrected chi connectivity index (χ4v) is 2.48. The van der Waals surface area contributed by atoms with Gasteiger partial charge in [0, 0.05) is 13.1 Å². The highest BCUT2D eigenvalue weighted by Crippen LogP contribution is 2.24. The van der Waals surface area contributed by atoms with Crippen LogP contribution in [0.1, 0.15) is 23.7 Å². The number of hydrogen-bond donors (Lipinski definition) is 1. The topological polar surface area (TPSA) is 46.3 Å². The minimum Gasteiger partial charge on any atom is -0.338 e. The van der Waals surface area contributed by atoms with Crippen LogP contribution in [-0.4, -0.2) is 30.4 Å². The lowest BCUT2D eigenvalue weighted by Crippen LogP contribution is -2.45. The van der Waals surface area contributed by atoms with Crippen molar-refractivity contribution in [3.8, 4) is 0 Å². The molecule has 1 fully saturated rings. The van der Waals surface area contributed by atoms with Gasteiger partial charge in [0.15, 0.2) is 11.6 Å². The number of likely N-dealkylation sites (tertiary alicyclic amines) is 1. The molecule has 0 aromatic heterocycles. The number of nitrogens with two attached hydrogens (primary N) is 1. The Balaban J connectivity index is 2.18. The molecule has 1 aromatic rings. The first-order valence-electron chi connectivity index (χ1n) is 6.48. The van der Waals surface area contributed by atoms with Crippen molar-refractivity contribution >= 4 is 5.91 Å². The van der Waals surface area contributed by atoms with Crippen molar-refractivity contribution < 1.29 is 13.6 Å². The number of hydrogen-bond acceptors (Lipinski definition) is 2. The Kier molecular flexibility index (Phi) is 4.14. The zero-order valence-corrected chi connectivity index (χ0v) is 10.9. The first kappa shape index (κ1) is 13.9. The summed E-state index contributed by atoms with van der Waals surface area (Å²) in [6.45, 7) is 3.66. The third-order valence-electron chi connectivity index (χ3n) is 3.89. The van der Waals surface area contributed by atoms with Crippen molar-refractivity contribution in [3.05, 3.63) is 35.4 Å². The highest BCUT2D eigenvalue weighted by Gasteiger charge is 2.29. The fourth-order valence-electron chi connectivity index (χ4n) is 2.48. The maximum absolute atomic E-state index is 13.6. The molecular formula is C14H18F2N2O. The maximum Gasteiger partial charge on any atom is 0.256 e. The van der Waals surface area contributed by atoms with Crippen molar-refractivity contribution in [2.75, 3.05) is 19.6 Å². The Bertz CT molecular complexity index is 479. The average molecular weight is 268 g/mol. The fraction of sp³-hybridized carbons (Fsp3) is 0.500. The molecule has 0 saturated carbocycles. The van der Waals surface area contributed by atoms with Crippen LogP contribution in [0.15, 0.2) is 18.2 Å². The van der Waals surface area contributed by atoms with Crippen LogP contribution in [0.5, 0.6) is 0 Å². The van der Waals surface area contributed by atoms with Crippen LogP contribution in [0.25, 0.3) is 0 Å². The molecule has 0 aliphatic carbocycles. The Hall–Kier alpha value is -1.49. The van der Waals surface area contributed by atoms with E-state index in [4.69, 9.17) is 5.73 Å². The number of rotatable bonds is 2. The van der Waals surface area contributed by atoms with Gasteiger partial charge >= 0.3 is 0 Å². The van der Waals surface area contributed by atoms with E-state index in [1.54, 1.807) is 4.90 Å². The molecule has 0 spiro atoms. The third-order valence-corrected chi connectivity index (χ3v) is 3.89. The average Bonchev–Trinajstić information content (AvgIpc) is 2.41. The van der Waals surface area contributed by atoms with Crippen LogP contribution in [0.4, 0.5) is 8.78 Å². The molecule has 1 amide bonds. The van der Waals surface area contributed by atoms with Crippen molar-refractivity contribution in [2.24, 2.45) is 17.6 Å². The molecule has 1 saturated heterocycles. The van der Waals surface area contributed by atoms with E-state index in [-0.39, 0.29) is 11.5 Å². The van der Waals surface area contributed by atoms with E-state index >= 15 is 0 Å². The van der Waals surface area contributed by atoms with E-state index in [0.29, 0.717) is 25.6 Å². The summed E-state index contributed by atoms with van der Waals surface area (Å²) in [6, 6.07) is 3.67. The van der Waals surface area contributed by atoms with Gasteiger partial charge in [0.1, 0.15) is 0 Å². The number of piperidine rings is 1. The number of halogens is 2. The second kappa shape index (κ2) is 5.65. The van der Waals surface area contributed by atoms with Gasteiger partial charge in [0.25, 0.3) is 5.91 Å². The molecule has 0 bridgehead atoms. The summed E-state index contributed by atoms with van der Waals surface area (Å²) >= 11 is 0. The molecule has 5 heteroatoms. The van der Waals surface area contributed by atoms with Crippen LogP contribution < -0.4 is 5.73 Å². The zero-order chi connectivity index (χ0) is 14.0. The Morgan fingerprint density at radius 1 is 1.47 bits per heavy atom. The molecule has 2 atom stereocenters. The van der Waals surface area contributed by atoms with Crippen LogP contribution in [0.2, 0.25) is 0 Å². The molecule has 104 valence electrons. The van der Waals surface area contributed by atoms with Gasteiger partial charge in [-0.15, -0.1) is 0 Å². The first-order valence-corrected chi connectivity index (χ1v) is 6.48. The Labute approximate surface area is 111 Å². The molecule has 2 unspecified atom stereocenters. The van der Waals surface area contributed by atoms with E-state index in [1.165, 1.54) is 12.1 Å². The highest BCUT2D eigenvalue weighted by atomic mass is 19.2. The lowest BCUT2D eigenvalue weighted by molar-refractivity contribution is 0.0613. The van der Waals surface area contributed by atoms with Crippen LogP contribution in [-0.2, 0) is 0 Å². The van der Waals surface area contributed by atoms with Crippen molar-refractivity contribution in [2.45, 2.75) is 13.3 Å². The number of benzene rings is 1. The molecule has 2 N–H and O–H groups in total. The summed E-state index contributed by atoms with van der Waals surface area (Å²) in [5.41, 5.74) is 5.47. The monoisotopic (exact) mass is 268 g/mol. The van der Waals surface area contributed by atoms with Crippen LogP contribution in [0.3, 0.4) is 0 Å². The van der Waals surface area contributed by atoms with Crippen molar-refractivity contribution in [1.29, 1.82) is 0 Å². The van der Waals surface area contributed by atoms with Gasteiger partial charge in [-0.3, -0.25) is 4.79 Å². The summed E-state index contributed by atoms with van der Waals surface area (Å²) in [5.74, 6) is -1.86. The highest BCUT2D eigenvalue weighted by molar-refractivity contribution is 5.94. The van der Waals surface area contributed by atoms with Gasteiger partial charge in [-0.05, 0) is 36.9 Å². The molecule has 19 heavy (non-hydrogen) atoms. The second-order valence-corrected chi connectivity index (χ2v) is 5.11. The first-order chi connectivity index (χ1) is 9.04. The number of carbonyl (C=O) groups excluding carboxylic acids is 1. The molecule has 3 nitrogen and oxygen atoms in total. The molecule has 0 radical (unpaired) electrons. The smallest absolute Gasteiger partial charge is 0.256 e. The lowest BCUT2D eigenvalue weighted by atomic mass is 9.87. The number of nitrogens with zero attached hydrogens (tertiary/aromatic N) is 1. The Morgan fingerprint density at radius 2 is 2.21 bits per heavy atom. The summed E-state index contributed by atoms with van der Waals surface area (Å²) in [5, 5.41) is 0. The van der Waals surface area contributed by atoms with Crippen molar-refractivity contribution in [3.63, 3.8) is 0 Å². The van der Waals surface area contributed by atoms with Gasteiger partial charge in [0.05, 0.1) is 5.56 Å². The molecule has 1 aliphatic heterocycles. The molecule has 1 aliphatic rings. The quantitative estimate of drug-likeness (QED) is 0.892. The molecule has 1 heterocycles. The lowest BCUT2D eigenvalue weighted by Gasteiger charge is -2.36. The van der Waals surface area contributed by atoms with E-state index in [0.717, 1.165) is 12.5 Å². The minimum atomic E-state index is -1.07. The van der Waals surface area contributed by atoms with E-state index in [1.807, 2.05) is 0 Å². The standard InChI is InChI=1S/C14H18F2N2O/c1-9-5-6-18(8-10(9)7-17)14(19)11-3-2-4-12(15)13(11)16/h2-4,9-10H,5-8,17H2,1H3. The second-order valence-electron chi connectivity index (χ2n) is 5.11. The number of amides is 1. The van der Waals surface area contributed by atoms with Gasteiger partial charge < -0.3 is 10.6 Å². The van der Waals surface area contributed by atoms with Crippen LogP contribution >= 0.6 is 0 Å². The normalized spacial score (nSPS) is 23.5. The minimum absolute atomic E-state index is 0.203. The summed E-state index contributed by atoms with van der Waals surface area (Å²) in [6.07, 6.45) is 0.838. The van der Waals surface area contributed by atoms with Crippen molar-refractivity contribution in [1.82, 2.24) is 4.90 Å². The zero-order valence-electron chi connectivity index (χ0n) is 10.9. The molecule has 1 aromatic carbocycles. The predicted octanol–water partition coefficient (Wildman–Crippen LogP) is 2.02. The SMILES string of the molecule is CC1CCN(C(=O)c2cccc(F)c2F)CC1CN. The maximum atomic E-state index is 13.6. The number of carbonyl (C=O) groups is 1. The van der Waals surface area contributed by atoms with E-state index in [9.17, 15) is 13.6 Å².